The summed E-state index contributed by atoms with van der Waals surface area (Å²) in [5.74, 6) is 0.188. The molecule has 1 atom stereocenters. The van der Waals surface area contributed by atoms with Crippen molar-refractivity contribution in [2.24, 2.45) is 0 Å². The average molecular weight is 420 g/mol. The second kappa shape index (κ2) is 8.56. The molecule has 0 aliphatic heterocycles. The van der Waals surface area contributed by atoms with E-state index in [1.54, 1.807) is 29.3 Å². The zero-order valence-electron chi connectivity index (χ0n) is 16.6. The zero-order valence-corrected chi connectivity index (χ0v) is 17.5. The van der Waals surface area contributed by atoms with E-state index in [-0.39, 0.29) is 12.5 Å². The number of thiophene rings is 1. The number of nitrogens with zero attached hydrogens (tertiary/aromatic N) is 5. The van der Waals surface area contributed by atoms with Crippen molar-refractivity contribution >= 4 is 17.2 Å². The Bertz CT molecular complexity index is 1140. The molecule has 0 spiro atoms. The molecule has 0 radical (unpaired) electrons. The monoisotopic (exact) mass is 419 g/mol. The second-order valence-electron chi connectivity index (χ2n) is 6.89. The number of aromatic nitrogens is 4. The van der Waals surface area contributed by atoms with Crippen molar-refractivity contribution in [3.8, 4) is 16.5 Å². The van der Waals surface area contributed by atoms with E-state index in [0.717, 1.165) is 16.1 Å². The summed E-state index contributed by atoms with van der Waals surface area (Å²) in [5, 5.41) is 16.8. The summed E-state index contributed by atoms with van der Waals surface area (Å²) in [4.78, 5) is 24.4. The quantitative estimate of drug-likeness (QED) is 0.517. The van der Waals surface area contributed by atoms with Crippen LogP contribution in [-0.4, -0.2) is 49.3 Å². The molecule has 1 unspecified atom stereocenters. The van der Waals surface area contributed by atoms with E-state index < -0.39 is 6.10 Å². The number of likely N-dealkylation sites (N-methyl/N-ethyl adjacent to an activating group) is 1. The lowest BCUT2D eigenvalue weighted by Gasteiger charge is -2.21. The molecule has 4 rings (SSSR count). The maximum atomic E-state index is 13.0. The van der Waals surface area contributed by atoms with E-state index >= 15 is 0 Å². The van der Waals surface area contributed by atoms with Crippen LogP contribution >= 0.6 is 11.3 Å². The Morgan fingerprint density at radius 3 is 2.73 bits per heavy atom. The van der Waals surface area contributed by atoms with Crippen LogP contribution in [0.5, 0.6) is 0 Å². The largest absolute Gasteiger partial charge is 0.387 e. The number of benzene rings is 1. The first-order valence-corrected chi connectivity index (χ1v) is 10.3. The lowest BCUT2D eigenvalue weighted by atomic mass is 10.1. The van der Waals surface area contributed by atoms with Gasteiger partial charge in [0.2, 0.25) is 0 Å². The molecule has 7 nitrogen and oxygen atoms in total. The van der Waals surface area contributed by atoms with Gasteiger partial charge in [0.05, 0.1) is 40.7 Å². The molecule has 3 heterocycles. The Balaban J connectivity index is 1.54. The van der Waals surface area contributed by atoms with Crippen molar-refractivity contribution in [2.45, 2.75) is 13.0 Å². The van der Waals surface area contributed by atoms with Crippen LogP contribution in [0.3, 0.4) is 0 Å². The van der Waals surface area contributed by atoms with E-state index in [0.29, 0.717) is 17.2 Å². The van der Waals surface area contributed by atoms with Crippen molar-refractivity contribution < 1.29 is 9.90 Å². The summed E-state index contributed by atoms with van der Waals surface area (Å²) in [6.45, 7) is 1.99. The molecule has 0 aliphatic carbocycles. The topological polar surface area (TPSA) is 84.1 Å². The smallest absolute Gasteiger partial charge is 0.257 e. The maximum Gasteiger partial charge on any atom is 0.257 e. The third-order valence-electron chi connectivity index (χ3n) is 4.82. The van der Waals surface area contributed by atoms with Gasteiger partial charge in [0.1, 0.15) is 0 Å². The summed E-state index contributed by atoms with van der Waals surface area (Å²) in [5.41, 5.74) is 2.66. The van der Waals surface area contributed by atoms with Crippen LogP contribution in [0.15, 0.2) is 66.3 Å². The molecular weight excluding hydrogens is 398 g/mol. The number of aliphatic hydroxyl groups is 1. The fourth-order valence-electron chi connectivity index (χ4n) is 3.16. The maximum absolute atomic E-state index is 13.0. The molecule has 0 bridgehead atoms. The summed E-state index contributed by atoms with van der Waals surface area (Å²) in [7, 11) is 1.67. The second-order valence-corrected chi connectivity index (χ2v) is 7.83. The molecule has 1 N–H and O–H groups in total. The highest BCUT2D eigenvalue weighted by atomic mass is 32.1. The van der Waals surface area contributed by atoms with Crippen LogP contribution < -0.4 is 0 Å². The van der Waals surface area contributed by atoms with Gasteiger partial charge in [-0.15, -0.1) is 11.3 Å². The SMILES string of the molecule is Cc1c(C(=O)N(C)CC(O)c2ccccc2)cnn1-c1nccc(-c2cccs2)n1. The molecule has 4 aromatic rings. The van der Waals surface area contributed by atoms with Gasteiger partial charge in [0, 0.05) is 13.2 Å². The minimum absolute atomic E-state index is 0.178. The summed E-state index contributed by atoms with van der Waals surface area (Å²) < 4.78 is 1.56. The fourth-order valence-corrected chi connectivity index (χ4v) is 3.86. The first kappa shape index (κ1) is 19.9. The Labute approximate surface area is 178 Å². The van der Waals surface area contributed by atoms with E-state index in [9.17, 15) is 9.90 Å². The third kappa shape index (κ3) is 4.00. The third-order valence-corrected chi connectivity index (χ3v) is 5.72. The Morgan fingerprint density at radius 1 is 1.20 bits per heavy atom. The standard InChI is InChI=1S/C22H21N5O2S/c1-15-17(21(29)26(2)14-19(28)16-7-4-3-5-8-16)13-24-27(15)22-23-11-10-18(25-22)20-9-6-12-30-20/h3-13,19,28H,14H2,1-2H3. The normalized spacial score (nSPS) is 12.0. The highest BCUT2D eigenvalue weighted by Crippen LogP contribution is 2.23. The molecule has 152 valence electrons. The van der Waals surface area contributed by atoms with Crippen LogP contribution in [-0.2, 0) is 0 Å². The van der Waals surface area contributed by atoms with Gasteiger partial charge >= 0.3 is 0 Å². The van der Waals surface area contributed by atoms with E-state index in [2.05, 4.69) is 15.1 Å². The van der Waals surface area contributed by atoms with Crippen LogP contribution in [0.25, 0.3) is 16.5 Å². The van der Waals surface area contributed by atoms with Crippen molar-refractivity contribution in [1.29, 1.82) is 0 Å². The number of hydrogen-bond donors (Lipinski definition) is 1. The molecule has 0 saturated heterocycles. The molecule has 0 aliphatic rings. The van der Waals surface area contributed by atoms with E-state index in [1.165, 1.54) is 11.1 Å². The number of carbonyl (C=O) groups is 1. The van der Waals surface area contributed by atoms with Gasteiger partial charge in [0.25, 0.3) is 11.9 Å². The number of carbonyl (C=O) groups excluding carboxylic acids is 1. The van der Waals surface area contributed by atoms with Crippen molar-refractivity contribution in [3.05, 3.63) is 83.1 Å². The highest BCUT2D eigenvalue weighted by Gasteiger charge is 2.22. The Morgan fingerprint density at radius 2 is 2.00 bits per heavy atom. The van der Waals surface area contributed by atoms with Crippen LogP contribution in [0.4, 0.5) is 0 Å². The van der Waals surface area contributed by atoms with Crippen LogP contribution in [0.1, 0.15) is 27.7 Å². The number of amides is 1. The Hall–Kier alpha value is -3.36. The van der Waals surface area contributed by atoms with Crippen molar-refractivity contribution in [1.82, 2.24) is 24.6 Å². The van der Waals surface area contributed by atoms with Gasteiger partial charge in [-0.3, -0.25) is 4.79 Å². The predicted octanol–water partition coefficient (Wildman–Crippen LogP) is 3.50. The molecule has 0 fully saturated rings. The lowest BCUT2D eigenvalue weighted by molar-refractivity contribution is 0.0680. The zero-order chi connectivity index (χ0) is 21.1. The Kier molecular flexibility index (Phi) is 5.69. The molecule has 30 heavy (non-hydrogen) atoms. The minimum atomic E-state index is -0.763. The average Bonchev–Trinajstić information content (AvgIpc) is 3.44. The van der Waals surface area contributed by atoms with Crippen molar-refractivity contribution in [2.75, 3.05) is 13.6 Å². The first-order chi connectivity index (χ1) is 14.5. The molecule has 0 saturated carbocycles. The highest BCUT2D eigenvalue weighted by molar-refractivity contribution is 7.13. The summed E-state index contributed by atoms with van der Waals surface area (Å²) in [6, 6.07) is 15.1. The molecular formula is C22H21N5O2S. The van der Waals surface area contributed by atoms with Gasteiger partial charge in [-0.1, -0.05) is 36.4 Å². The van der Waals surface area contributed by atoms with E-state index in [1.807, 2.05) is 60.8 Å². The van der Waals surface area contributed by atoms with Gasteiger partial charge in [-0.05, 0) is 30.0 Å². The van der Waals surface area contributed by atoms with Crippen LogP contribution in [0, 0.1) is 6.92 Å². The van der Waals surface area contributed by atoms with Crippen LogP contribution in [0.2, 0.25) is 0 Å². The van der Waals surface area contributed by atoms with E-state index in [4.69, 9.17) is 0 Å². The lowest BCUT2D eigenvalue weighted by Crippen LogP contribution is -2.31. The molecule has 1 amide bonds. The fraction of sp³-hybridized carbons (Fsp3) is 0.182. The molecule has 1 aromatic carbocycles. The van der Waals surface area contributed by atoms with Gasteiger partial charge in [0.15, 0.2) is 0 Å². The summed E-state index contributed by atoms with van der Waals surface area (Å²) >= 11 is 1.60. The summed E-state index contributed by atoms with van der Waals surface area (Å²) in [6.07, 6.45) is 2.44. The molecule has 3 aromatic heterocycles. The van der Waals surface area contributed by atoms with Crippen molar-refractivity contribution in [3.63, 3.8) is 0 Å². The number of aliphatic hydroxyl groups excluding tert-OH is 1. The minimum Gasteiger partial charge on any atom is -0.387 e. The van der Waals surface area contributed by atoms with Gasteiger partial charge in [-0.2, -0.15) is 5.10 Å². The van der Waals surface area contributed by atoms with Gasteiger partial charge in [-0.25, -0.2) is 14.6 Å². The van der Waals surface area contributed by atoms with Gasteiger partial charge < -0.3 is 10.0 Å². The first-order valence-electron chi connectivity index (χ1n) is 9.45. The number of rotatable bonds is 6. The molecule has 8 heteroatoms. The number of hydrogen-bond acceptors (Lipinski definition) is 6. The predicted molar refractivity (Wildman–Crippen MR) is 116 cm³/mol.